The summed E-state index contributed by atoms with van der Waals surface area (Å²) in [7, 11) is 0. The Balaban J connectivity index is 1.89. The Morgan fingerprint density at radius 1 is 1.50 bits per heavy atom. The first-order valence-corrected chi connectivity index (χ1v) is 6.64. The third kappa shape index (κ3) is 2.03. The highest BCUT2D eigenvalue weighted by atomic mass is 35.5. The number of halogens is 1. The molecule has 92 valence electrons. The molecule has 0 saturated carbocycles. The Morgan fingerprint density at radius 3 is 3.22 bits per heavy atom. The fourth-order valence-corrected chi connectivity index (χ4v) is 3.04. The Labute approximate surface area is 111 Å². The molecule has 1 aliphatic heterocycles. The number of aromatic nitrogens is 1. The zero-order valence-corrected chi connectivity index (χ0v) is 10.7. The lowest BCUT2D eigenvalue weighted by Gasteiger charge is -2.25. The first-order chi connectivity index (χ1) is 8.78. The van der Waals surface area contributed by atoms with Gasteiger partial charge in [-0.1, -0.05) is 17.7 Å². The molecule has 3 rings (SSSR count). The van der Waals surface area contributed by atoms with E-state index in [1.54, 1.807) is 6.20 Å². The van der Waals surface area contributed by atoms with E-state index in [2.05, 4.69) is 22.4 Å². The van der Waals surface area contributed by atoms with Crippen molar-refractivity contribution in [2.75, 3.05) is 6.54 Å². The Morgan fingerprint density at radius 2 is 2.39 bits per heavy atom. The summed E-state index contributed by atoms with van der Waals surface area (Å²) in [5, 5.41) is 12.8. The standard InChI is InChI=1S/C14H14ClN3/c15-14-11(7-16)5-12(8-18-14)10-2-1-9-3-4-17-13(9)6-10/h2,5,8-9,13,17H,1,3-4,6H2/t9-,13-/m1/s1. The highest BCUT2D eigenvalue weighted by Gasteiger charge is 2.30. The molecule has 0 spiro atoms. The van der Waals surface area contributed by atoms with E-state index in [0.29, 0.717) is 11.6 Å². The molecule has 0 radical (unpaired) electrons. The SMILES string of the molecule is N#Cc1cc(C2=CC[C@@H]3CCN[C@@H]3C2)cnc1Cl. The number of fused-ring (bicyclic) bond motifs is 1. The molecular weight excluding hydrogens is 246 g/mol. The molecule has 1 N–H and O–H groups in total. The van der Waals surface area contributed by atoms with Crippen LogP contribution in [0.2, 0.25) is 5.15 Å². The van der Waals surface area contributed by atoms with Crippen LogP contribution in [0.25, 0.3) is 5.57 Å². The first kappa shape index (κ1) is 11.7. The van der Waals surface area contributed by atoms with Crippen LogP contribution in [0.5, 0.6) is 0 Å². The van der Waals surface area contributed by atoms with Gasteiger partial charge in [-0.25, -0.2) is 4.98 Å². The molecule has 1 aliphatic carbocycles. The third-order valence-corrected chi connectivity index (χ3v) is 4.23. The van der Waals surface area contributed by atoms with Crippen LogP contribution in [0.4, 0.5) is 0 Å². The van der Waals surface area contributed by atoms with Crippen molar-refractivity contribution < 1.29 is 0 Å². The predicted octanol–water partition coefficient (Wildman–Crippen LogP) is 2.76. The Bertz CT molecular complexity index is 544. The molecule has 1 aromatic rings. The lowest BCUT2D eigenvalue weighted by molar-refractivity contribution is 0.445. The van der Waals surface area contributed by atoms with Crippen LogP contribution < -0.4 is 5.32 Å². The maximum atomic E-state index is 8.99. The fourth-order valence-electron chi connectivity index (χ4n) is 2.89. The van der Waals surface area contributed by atoms with Crippen LogP contribution in [-0.4, -0.2) is 17.6 Å². The number of allylic oxidation sites excluding steroid dienone is 1. The minimum Gasteiger partial charge on any atom is -0.313 e. The average Bonchev–Trinajstić information content (AvgIpc) is 2.86. The van der Waals surface area contributed by atoms with E-state index in [9.17, 15) is 0 Å². The van der Waals surface area contributed by atoms with Gasteiger partial charge in [-0.15, -0.1) is 0 Å². The molecule has 18 heavy (non-hydrogen) atoms. The van der Waals surface area contributed by atoms with E-state index in [1.807, 2.05) is 6.07 Å². The van der Waals surface area contributed by atoms with Crippen LogP contribution in [0.1, 0.15) is 30.4 Å². The van der Waals surface area contributed by atoms with Gasteiger partial charge in [0.1, 0.15) is 11.2 Å². The molecular formula is C14H14ClN3. The Hall–Kier alpha value is -1.37. The Kier molecular flexibility index (Phi) is 3.07. The summed E-state index contributed by atoms with van der Waals surface area (Å²) in [6.07, 6.45) is 7.48. The molecule has 3 nitrogen and oxygen atoms in total. The van der Waals surface area contributed by atoms with Crippen LogP contribution >= 0.6 is 11.6 Å². The van der Waals surface area contributed by atoms with Gasteiger partial charge in [-0.2, -0.15) is 5.26 Å². The highest BCUT2D eigenvalue weighted by molar-refractivity contribution is 6.30. The van der Waals surface area contributed by atoms with E-state index in [0.717, 1.165) is 30.9 Å². The molecule has 0 bridgehead atoms. The largest absolute Gasteiger partial charge is 0.313 e. The van der Waals surface area contributed by atoms with Crippen molar-refractivity contribution in [3.8, 4) is 6.07 Å². The van der Waals surface area contributed by atoms with Gasteiger partial charge in [0, 0.05) is 12.2 Å². The highest BCUT2D eigenvalue weighted by Crippen LogP contribution is 2.35. The number of pyridine rings is 1. The molecule has 1 aromatic heterocycles. The summed E-state index contributed by atoms with van der Waals surface area (Å²) in [6, 6.07) is 4.52. The van der Waals surface area contributed by atoms with Gasteiger partial charge in [0.2, 0.25) is 0 Å². The van der Waals surface area contributed by atoms with Crippen molar-refractivity contribution in [3.05, 3.63) is 34.6 Å². The second-order valence-electron chi connectivity index (χ2n) is 4.95. The smallest absolute Gasteiger partial charge is 0.146 e. The average molecular weight is 260 g/mol. The molecule has 1 saturated heterocycles. The van der Waals surface area contributed by atoms with E-state index >= 15 is 0 Å². The van der Waals surface area contributed by atoms with Crippen LogP contribution in [0.15, 0.2) is 18.3 Å². The van der Waals surface area contributed by atoms with Crippen molar-refractivity contribution in [2.45, 2.75) is 25.3 Å². The maximum Gasteiger partial charge on any atom is 0.146 e. The van der Waals surface area contributed by atoms with Gasteiger partial charge >= 0.3 is 0 Å². The van der Waals surface area contributed by atoms with Gasteiger partial charge in [0.05, 0.1) is 5.56 Å². The molecule has 0 unspecified atom stereocenters. The molecule has 0 aromatic carbocycles. The van der Waals surface area contributed by atoms with Crippen molar-refractivity contribution in [2.24, 2.45) is 5.92 Å². The summed E-state index contributed by atoms with van der Waals surface area (Å²) >= 11 is 5.86. The predicted molar refractivity (Wildman–Crippen MR) is 71.1 cm³/mol. The molecule has 4 heteroatoms. The van der Waals surface area contributed by atoms with Crippen molar-refractivity contribution in [1.29, 1.82) is 5.26 Å². The van der Waals surface area contributed by atoms with E-state index in [-0.39, 0.29) is 5.15 Å². The van der Waals surface area contributed by atoms with Crippen LogP contribution in [0.3, 0.4) is 0 Å². The summed E-state index contributed by atoms with van der Waals surface area (Å²) < 4.78 is 0. The van der Waals surface area contributed by atoms with Gasteiger partial charge in [-0.05, 0) is 48.9 Å². The zero-order valence-electron chi connectivity index (χ0n) is 9.99. The van der Waals surface area contributed by atoms with Crippen molar-refractivity contribution in [1.82, 2.24) is 10.3 Å². The molecule has 1 fully saturated rings. The molecule has 2 heterocycles. The maximum absolute atomic E-state index is 8.99. The first-order valence-electron chi connectivity index (χ1n) is 6.26. The van der Waals surface area contributed by atoms with Gasteiger partial charge in [-0.3, -0.25) is 0 Å². The van der Waals surface area contributed by atoms with Crippen LogP contribution in [0, 0.1) is 17.2 Å². The van der Waals surface area contributed by atoms with E-state index < -0.39 is 0 Å². The number of hydrogen-bond acceptors (Lipinski definition) is 3. The molecule has 2 aliphatic rings. The van der Waals surface area contributed by atoms with Crippen LogP contribution in [-0.2, 0) is 0 Å². The summed E-state index contributed by atoms with van der Waals surface area (Å²) in [4.78, 5) is 4.09. The number of nitriles is 1. The number of nitrogens with one attached hydrogen (secondary N) is 1. The van der Waals surface area contributed by atoms with Gasteiger partial charge in [0.15, 0.2) is 0 Å². The minimum absolute atomic E-state index is 0.287. The fraction of sp³-hybridized carbons (Fsp3) is 0.429. The number of nitrogens with zero attached hydrogens (tertiary/aromatic N) is 2. The summed E-state index contributed by atoms with van der Waals surface area (Å²) in [5.74, 6) is 0.782. The zero-order chi connectivity index (χ0) is 12.5. The molecule has 0 amide bonds. The number of rotatable bonds is 1. The number of hydrogen-bond donors (Lipinski definition) is 1. The quantitative estimate of drug-likeness (QED) is 0.789. The monoisotopic (exact) mass is 259 g/mol. The normalized spacial score (nSPS) is 26.3. The van der Waals surface area contributed by atoms with Crippen molar-refractivity contribution in [3.63, 3.8) is 0 Å². The summed E-state index contributed by atoms with van der Waals surface area (Å²) in [6.45, 7) is 1.12. The summed E-state index contributed by atoms with van der Waals surface area (Å²) in [5.41, 5.74) is 2.77. The van der Waals surface area contributed by atoms with E-state index in [1.165, 1.54) is 12.0 Å². The third-order valence-electron chi connectivity index (χ3n) is 3.93. The topological polar surface area (TPSA) is 48.7 Å². The van der Waals surface area contributed by atoms with Crippen molar-refractivity contribution >= 4 is 17.2 Å². The minimum atomic E-state index is 0.287. The van der Waals surface area contributed by atoms with Gasteiger partial charge < -0.3 is 5.32 Å². The lowest BCUT2D eigenvalue weighted by Crippen LogP contribution is -2.29. The second-order valence-corrected chi connectivity index (χ2v) is 5.31. The molecule has 2 atom stereocenters. The van der Waals surface area contributed by atoms with Gasteiger partial charge in [0.25, 0.3) is 0 Å². The lowest BCUT2D eigenvalue weighted by atomic mass is 9.83. The second kappa shape index (κ2) is 4.72. The van der Waals surface area contributed by atoms with E-state index in [4.69, 9.17) is 16.9 Å².